The summed E-state index contributed by atoms with van der Waals surface area (Å²) in [6, 6.07) is 0. The minimum absolute atomic E-state index is 0.0843. The van der Waals surface area contributed by atoms with E-state index in [1.54, 1.807) is 5.06 Å². The second-order valence-electron chi connectivity index (χ2n) is 6.07. The van der Waals surface area contributed by atoms with Gasteiger partial charge in [0.25, 0.3) is 0 Å². The molecule has 0 aromatic carbocycles. The van der Waals surface area contributed by atoms with Gasteiger partial charge in [0.1, 0.15) is 0 Å². The highest BCUT2D eigenvalue weighted by Gasteiger charge is 2.51. The molecule has 0 amide bonds. The van der Waals surface area contributed by atoms with Crippen LogP contribution in [0.3, 0.4) is 0 Å². The third-order valence-electron chi connectivity index (χ3n) is 4.12. The molecule has 1 aliphatic rings. The lowest BCUT2D eigenvalue weighted by molar-refractivity contribution is -0.275. The molecule has 1 saturated heterocycles. The van der Waals surface area contributed by atoms with Crippen LogP contribution in [0.15, 0.2) is 0 Å². The lowest BCUT2D eigenvalue weighted by Crippen LogP contribution is -2.64. The monoisotopic (exact) mass is 185 g/mol. The van der Waals surface area contributed by atoms with Gasteiger partial charge in [-0.25, -0.2) is 0 Å². The van der Waals surface area contributed by atoms with E-state index in [1.165, 1.54) is 6.42 Å². The van der Waals surface area contributed by atoms with Gasteiger partial charge >= 0.3 is 0 Å². The van der Waals surface area contributed by atoms with E-state index in [9.17, 15) is 5.21 Å². The summed E-state index contributed by atoms with van der Waals surface area (Å²) in [5.41, 5.74) is -0.0506. The van der Waals surface area contributed by atoms with Crippen LogP contribution in [0.2, 0.25) is 0 Å². The third-order valence-corrected chi connectivity index (χ3v) is 4.12. The first-order valence-corrected chi connectivity index (χ1v) is 5.10. The van der Waals surface area contributed by atoms with Gasteiger partial charge in [-0.2, -0.15) is 5.06 Å². The lowest BCUT2D eigenvalue weighted by Gasteiger charge is -2.57. The molecule has 1 aliphatic heterocycles. The number of hydrogen-bond donors (Lipinski definition) is 1. The van der Waals surface area contributed by atoms with Gasteiger partial charge in [-0.3, -0.25) is 0 Å². The SMILES string of the molecule is CC1(C)CCC(C)(C)C(C)(C)N1O. The van der Waals surface area contributed by atoms with Gasteiger partial charge in [-0.1, -0.05) is 13.8 Å². The minimum Gasteiger partial charge on any atom is -0.313 e. The maximum Gasteiger partial charge on any atom is 0.0461 e. The summed E-state index contributed by atoms with van der Waals surface area (Å²) in [6.07, 6.45) is 2.23. The molecule has 1 fully saturated rings. The molecule has 1 heterocycles. The van der Waals surface area contributed by atoms with Crippen molar-refractivity contribution in [3.8, 4) is 0 Å². The molecule has 0 bridgehead atoms. The molecular weight excluding hydrogens is 162 g/mol. The second-order valence-corrected chi connectivity index (χ2v) is 6.07. The molecule has 0 saturated carbocycles. The van der Waals surface area contributed by atoms with Gasteiger partial charge in [0.2, 0.25) is 0 Å². The highest BCUT2D eigenvalue weighted by Crippen LogP contribution is 2.48. The molecule has 1 rings (SSSR count). The van der Waals surface area contributed by atoms with E-state index in [1.807, 2.05) is 0 Å². The van der Waals surface area contributed by atoms with Crippen LogP contribution < -0.4 is 0 Å². The average Bonchev–Trinajstić information content (AvgIpc) is 1.97. The van der Waals surface area contributed by atoms with Crippen LogP contribution in [0.1, 0.15) is 54.4 Å². The van der Waals surface area contributed by atoms with E-state index >= 15 is 0 Å². The maximum absolute atomic E-state index is 10.1. The highest BCUT2D eigenvalue weighted by molar-refractivity contribution is 5.02. The summed E-state index contributed by atoms with van der Waals surface area (Å²) < 4.78 is 0. The van der Waals surface area contributed by atoms with E-state index in [0.29, 0.717) is 0 Å². The fourth-order valence-corrected chi connectivity index (χ4v) is 2.07. The standard InChI is InChI=1S/C11H23NO/c1-9(2)7-8-10(3,4)12(13)11(9,5)6/h13H,7-8H2,1-6H3. The predicted molar refractivity (Wildman–Crippen MR) is 54.8 cm³/mol. The summed E-state index contributed by atoms with van der Waals surface area (Å²) in [5.74, 6) is 0. The molecule has 0 spiro atoms. The topological polar surface area (TPSA) is 23.5 Å². The Morgan fingerprint density at radius 3 is 1.77 bits per heavy atom. The highest BCUT2D eigenvalue weighted by atomic mass is 16.5. The molecular formula is C11H23NO. The predicted octanol–water partition coefficient (Wildman–Crippen LogP) is 3.05. The smallest absolute Gasteiger partial charge is 0.0461 e. The van der Waals surface area contributed by atoms with Crippen molar-refractivity contribution in [1.82, 2.24) is 5.06 Å². The van der Waals surface area contributed by atoms with Gasteiger partial charge in [0.15, 0.2) is 0 Å². The lowest BCUT2D eigenvalue weighted by atomic mass is 9.65. The number of nitrogens with zero attached hydrogens (tertiary/aromatic N) is 1. The average molecular weight is 185 g/mol. The first kappa shape index (κ1) is 11.0. The normalized spacial score (nSPS) is 31.6. The van der Waals surface area contributed by atoms with Crippen molar-refractivity contribution in [2.45, 2.75) is 65.5 Å². The van der Waals surface area contributed by atoms with Crippen molar-refractivity contribution in [2.24, 2.45) is 5.41 Å². The Morgan fingerprint density at radius 1 is 0.923 bits per heavy atom. The van der Waals surface area contributed by atoms with Gasteiger partial charge in [-0.15, -0.1) is 0 Å². The molecule has 2 nitrogen and oxygen atoms in total. The molecule has 1 N–H and O–H groups in total. The van der Waals surface area contributed by atoms with Gasteiger partial charge in [0.05, 0.1) is 0 Å². The number of hydroxylamine groups is 2. The minimum atomic E-state index is -0.144. The van der Waals surface area contributed by atoms with E-state index in [2.05, 4.69) is 41.5 Å². The van der Waals surface area contributed by atoms with Crippen molar-refractivity contribution in [2.75, 3.05) is 0 Å². The zero-order valence-electron chi connectivity index (χ0n) is 9.81. The van der Waals surface area contributed by atoms with E-state index in [-0.39, 0.29) is 16.5 Å². The molecule has 78 valence electrons. The van der Waals surface area contributed by atoms with Crippen LogP contribution in [0.25, 0.3) is 0 Å². The van der Waals surface area contributed by atoms with Crippen LogP contribution >= 0.6 is 0 Å². The summed E-state index contributed by atoms with van der Waals surface area (Å²) in [5, 5.41) is 11.7. The summed E-state index contributed by atoms with van der Waals surface area (Å²) >= 11 is 0. The van der Waals surface area contributed by atoms with Crippen LogP contribution in [0.4, 0.5) is 0 Å². The van der Waals surface area contributed by atoms with Crippen LogP contribution in [0.5, 0.6) is 0 Å². The van der Waals surface area contributed by atoms with Crippen LogP contribution in [-0.4, -0.2) is 21.3 Å². The van der Waals surface area contributed by atoms with Crippen molar-refractivity contribution in [1.29, 1.82) is 0 Å². The van der Waals surface area contributed by atoms with E-state index in [0.717, 1.165) is 6.42 Å². The number of piperidine rings is 1. The van der Waals surface area contributed by atoms with Crippen molar-refractivity contribution >= 4 is 0 Å². The quantitative estimate of drug-likeness (QED) is 0.627. The third kappa shape index (κ3) is 1.50. The zero-order chi connectivity index (χ0) is 10.5. The van der Waals surface area contributed by atoms with Gasteiger partial charge < -0.3 is 5.21 Å². The van der Waals surface area contributed by atoms with Crippen molar-refractivity contribution in [3.63, 3.8) is 0 Å². The summed E-state index contributed by atoms with van der Waals surface area (Å²) in [4.78, 5) is 0. The van der Waals surface area contributed by atoms with Crippen molar-refractivity contribution in [3.05, 3.63) is 0 Å². The molecule has 13 heavy (non-hydrogen) atoms. The largest absolute Gasteiger partial charge is 0.313 e. The summed E-state index contributed by atoms with van der Waals surface area (Å²) in [6.45, 7) is 12.9. The Hall–Kier alpha value is -0.0800. The fourth-order valence-electron chi connectivity index (χ4n) is 2.07. The Labute approximate surface area is 81.9 Å². The Kier molecular flexibility index (Phi) is 2.29. The summed E-state index contributed by atoms with van der Waals surface area (Å²) in [7, 11) is 0. The van der Waals surface area contributed by atoms with Crippen LogP contribution in [0, 0.1) is 5.41 Å². The molecule has 0 aromatic heterocycles. The molecule has 0 radical (unpaired) electrons. The fraction of sp³-hybridized carbons (Fsp3) is 1.00. The first-order chi connectivity index (χ1) is 5.61. The maximum atomic E-state index is 10.1. The number of rotatable bonds is 0. The molecule has 0 unspecified atom stereocenters. The Bertz CT molecular complexity index is 206. The molecule has 0 aromatic rings. The van der Waals surface area contributed by atoms with Crippen LogP contribution in [-0.2, 0) is 0 Å². The van der Waals surface area contributed by atoms with Gasteiger partial charge in [-0.05, 0) is 46.0 Å². The number of hydrogen-bond acceptors (Lipinski definition) is 2. The molecule has 0 aliphatic carbocycles. The first-order valence-electron chi connectivity index (χ1n) is 5.10. The van der Waals surface area contributed by atoms with E-state index < -0.39 is 0 Å². The Balaban J connectivity index is 3.00. The second kappa shape index (κ2) is 2.71. The van der Waals surface area contributed by atoms with Gasteiger partial charge in [0, 0.05) is 11.1 Å². The Morgan fingerprint density at radius 2 is 1.38 bits per heavy atom. The molecule has 0 atom stereocenters. The van der Waals surface area contributed by atoms with Crippen molar-refractivity contribution < 1.29 is 5.21 Å². The molecule has 2 heteroatoms. The van der Waals surface area contributed by atoms with E-state index in [4.69, 9.17) is 0 Å². The zero-order valence-corrected chi connectivity index (χ0v) is 9.81.